The van der Waals surface area contributed by atoms with Crippen molar-refractivity contribution in [2.24, 2.45) is 5.84 Å². The standard InChI is InChI=1S/C16H18ClN3O3S/c1-11-4-3-5-15(12(11)2)20(10-16(21)19-18)24(22,23)14-8-6-13(17)7-9-14/h3-9H,10,18H2,1-2H3,(H,19,21). The predicted octanol–water partition coefficient (Wildman–Crippen LogP) is 2.14. The highest BCUT2D eigenvalue weighted by Gasteiger charge is 2.28. The van der Waals surface area contributed by atoms with Gasteiger partial charge >= 0.3 is 0 Å². The highest BCUT2D eigenvalue weighted by Crippen LogP contribution is 2.28. The summed E-state index contributed by atoms with van der Waals surface area (Å²) in [6.07, 6.45) is 0. The van der Waals surface area contributed by atoms with Crippen LogP contribution < -0.4 is 15.6 Å². The van der Waals surface area contributed by atoms with E-state index in [0.29, 0.717) is 10.7 Å². The average molecular weight is 368 g/mol. The third-order valence-corrected chi connectivity index (χ3v) is 5.72. The molecule has 0 aliphatic rings. The molecule has 2 aromatic carbocycles. The summed E-state index contributed by atoms with van der Waals surface area (Å²) in [5.41, 5.74) is 4.07. The van der Waals surface area contributed by atoms with Crippen LogP contribution in [0.5, 0.6) is 0 Å². The van der Waals surface area contributed by atoms with Crippen molar-refractivity contribution in [3.05, 3.63) is 58.6 Å². The first-order valence-electron chi connectivity index (χ1n) is 7.11. The number of sulfonamides is 1. The Labute approximate surface area is 146 Å². The number of halogens is 1. The van der Waals surface area contributed by atoms with Crippen LogP contribution in [0.2, 0.25) is 5.02 Å². The Kier molecular flexibility index (Phi) is 5.48. The number of rotatable bonds is 5. The molecule has 0 atom stereocenters. The van der Waals surface area contributed by atoms with Crippen molar-refractivity contribution in [1.29, 1.82) is 0 Å². The van der Waals surface area contributed by atoms with E-state index in [-0.39, 0.29) is 4.90 Å². The average Bonchev–Trinajstić information content (AvgIpc) is 2.55. The first kappa shape index (κ1) is 18.3. The number of nitrogens with two attached hydrogens (primary N) is 1. The Morgan fingerprint density at radius 1 is 1.17 bits per heavy atom. The highest BCUT2D eigenvalue weighted by atomic mass is 35.5. The molecule has 0 aliphatic carbocycles. The second kappa shape index (κ2) is 7.21. The van der Waals surface area contributed by atoms with E-state index in [1.807, 2.05) is 18.4 Å². The number of benzene rings is 2. The fraction of sp³-hybridized carbons (Fsp3) is 0.188. The molecule has 6 nitrogen and oxygen atoms in total. The number of aryl methyl sites for hydroxylation is 1. The molecule has 0 aliphatic heterocycles. The van der Waals surface area contributed by atoms with Gasteiger partial charge in [-0.3, -0.25) is 14.5 Å². The molecule has 0 aromatic heterocycles. The third kappa shape index (κ3) is 3.69. The molecule has 0 fully saturated rings. The molecule has 2 rings (SSSR count). The van der Waals surface area contributed by atoms with Crippen LogP contribution in [0.3, 0.4) is 0 Å². The van der Waals surface area contributed by atoms with Gasteiger partial charge in [0.05, 0.1) is 10.6 Å². The van der Waals surface area contributed by atoms with Gasteiger partial charge < -0.3 is 0 Å². The SMILES string of the molecule is Cc1cccc(N(CC(=O)NN)S(=O)(=O)c2ccc(Cl)cc2)c1C. The van der Waals surface area contributed by atoms with Crippen LogP contribution in [0.25, 0.3) is 0 Å². The van der Waals surface area contributed by atoms with Gasteiger partial charge in [0, 0.05) is 5.02 Å². The first-order chi connectivity index (χ1) is 11.3. The zero-order chi connectivity index (χ0) is 17.9. The van der Waals surface area contributed by atoms with Gasteiger partial charge in [0.2, 0.25) is 0 Å². The Morgan fingerprint density at radius 2 is 1.79 bits per heavy atom. The molecule has 1 amide bonds. The number of carbonyl (C=O) groups is 1. The number of hydrogen-bond donors (Lipinski definition) is 2. The molecule has 2 aromatic rings. The monoisotopic (exact) mass is 367 g/mol. The maximum absolute atomic E-state index is 13.0. The van der Waals surface area contributed by atoms with Gasteiger partial charge in [-0.2, -0.15) is 0 Å². The van der Waals surface area contributed by atoms with Crippen LogP contribution >= 0.6 is 11.6 Å². The largest absolute Gasteiger partial charge is 0.293 e. The van der Waals surface area contributed by atoms with Gasteiger partial charge in [0.25, 0.3) is 15.9 Å². The zero-order valence-corrected chi connectivity index (χ0v) is 14.9. The van der Waals surface area contributed by atoms with Crippen molar-refractivity contribution in [3.63, 3.8) is 0 Å². The van der Waals surface area contributed by atoms with E-state index in [2.05, 4.69) is 0 Å². The maximum Gasteiger partial charge on any atom is 0.264 e. The summed E-state index contributed by atoms with van der Waals surface area (Å²) in [6, 6.07) is 11.0. The number of hydrogen-bond acceptors (Lipinski definition) is 4. The number of amides is 1. The Hall–Kier alpha value is -2.09. The highest BCUT2D eigenvalue weighted by molar-refractivity contribution is 7.92. The molecule has 3 N–H and O–H groups in total. The second-order valence-corrected chi connectivity index (χ2v) is 7.55. The zero-order valence-electron chi connectivity index (χ0n) is 13.3. The Morgan fingerprint density at radius 3 is 2.38 bits per heavy atom. The lowest BCUT2D eigenvalue weighted by Gasteiger charge is -2.26. The molecule has 0 radical (unpaired) electrons. The molecule has 0 heterocycles. The summed E-state index contributed by atoms with van der Waals surface area (Å²) in [4.78, 5) is 11.8. The normalized spacial score (nSPS) is 11.2. The van der Waals surface area contributed by atoms with Crippen molar-refractivity contribution in [2.75, 3.05) is 10.8 Å². The van der Waals surface area contributed by atoms with Gasteiger partial charge in [-0.25, -0.2) is 14.3 Å². The smallest absolute Gasteiger partial charge is 0.264 e. The van der Waals surface area contributed by atoms with Gasteiger partial charge in [-0.1, -0.05) is 23.7 Å². The van der Waals surface area contributed by atoms with Gasteiger partial charge in [0.15, 0.2) is 0 Å². The first-order valence-corrected chi connectivity index (χ1v) is 8.93. The molecule has 24 heavy (non-hydrogen) atoms. The summed E-state index contributed by atoms with van der Waals surface area (Å²) in [6.45, 7) is 3.25. The lowest BCUT2D eigenvalue weighted by Crippen LogP contribution is -2.43. The summed E-state index contributed by atoms with van der Waals surface area (Å²) < 4.78 is 27.1. The molecule has 8 heteroatoms. The van der Waals surface area contributed by atoms with E-state index in [9.17, 15) is 13.2 Å². The minimum Gasteiger partial charge on any atom is -0.293 e. The second-order valence-electron chi connectivity index (χ2n) is 5.25. The van der Waals surface area contributed by atoms with Crippen molar-refractivity contribution >= 4 is 33.2 Å². The van der Waals surface area contributed by atoms with Crippen molar-refractivity contribution < 1.29 is 13.2 Å². The molecule has 0 saturated heterocycles. The maximum atomic E-state index is 13.0. The lowest BCUT2D eigenvalue weighted by atomic mass is 10.1. The molecule has 0 unspecified atom stereocenters. The minimum atomic E-state index is -3.96. The lowest BCUT2D eigenvalue weighted by molar-refractivity contribution is -0.119. The van der Waals surface area contributed by atoms with E-state index in [1.54, 1.807) is 19.1 Å². The number of carbonyl (C=O) groups excluding carboxylic acids is 1. The Balaban J connectivity index is 2.59. The molecular weight excluding hydrogens is 350 g/mol. The van der Waals surface area contributed by atoms with Crippen LogP contribution in [-0.2, 0) is 14.8 Å². The fourth-order valence-electron chi connectivity index (χ4n) is 2.22. The van der Waals surface area contributed by atoms with E-state index in [4.69, 9.17) is 17.4 Å². The molecule has 0 bridgehead atoms. The van der Waals surface area contributed by atoms with E-state index >= 15 is 0 Å². The quantitative estimate of drug-likeness (QED) is 0.481. The summed E-state index contributed by atoms with van der Waals surface area (Å²) in [7, 11) is -3.96. The van der Waals surface area contributed by atoms with Crippen LogP contribution in [0, 0.1) is 13.8 Å². The van der Waals surface area contributed by atoms with Crippen molar-refractivity contribution in [1.82, 2.24) is 5.43 Å². The minimum absolute atomic E-state index is 0.0395. The van der Waals surface area contributed by atoms with Crippen molar-refractivity contribution in [2.45, 2.75) is 18.7 Å². The van der Waals surface area contributed by atoms with Gasteiger partial charge in [-0.15, -0.1) is 0 Å². The van der Waals surface area contributed by atoms with Crippen LogP contribution in [0.4, 0.5) is 5.69 Å². The molecule has 0 spiro atoms. The summed E-state index contributed by atoms with van der Waals surface area (Å²) in [5, 5.41) is 0.423. The van der Waals surface area contributed by atoms with E-state index in [0.717, 1.165) is 15.4 Å². The van der Waals surface area contributed by atoms with E-state index < -0.39 is 22.5 Å². The predicted molar refractivity (Wildman–Crippen MR) is 94.2 cm³/mol. The van der Waals surface area contributed by atoms with Gasteiger partial charge in [-0.05, 0) is 55.3 Å². The van der Waals surface area contributed by atoms with Crippen LogP contribution in [-0.4, -0.2) is 20.9 Å². The summed E-state index contributed by atoms with van der Waals surface area (Å²) >= 11 is 5.82. The molecule has 128 valence electrons. The molecule has 0 saturated carbocycles. The van der Waals surface area contributed by atoms with Gasteiger partial charge in [0.1, 0.15) is 6.54 Å². The number of hydrazine groups is 1. The number of nitrogens with one attached hydrogen (secondary N) is 1. The fourth-order valence-corrected chi connectivity index (χ4v) is 3.82. The number of anilines is 1. The van der Waals surface area contributed by atoms with E-state index in [1.165, 1.54) is 24.3 Å². The number of nitrogens with zero attached hydrogens (tertiary/aromatic N) is 1. The Bertz CT molecular complexity index is 851. The summed E-state index contributed by atoms with van der Waals surface area (Å²) in [5.74, 6) is 4.51. The topological polar surface area (TPSA) is 92.5 Å². The molecular formula is C16H18ClN3O3S. The van der Waals surface area contributed by atoms with Crippen LogP contribution in [0.15, 0.2) is 47.4 Å². The third-order valence-electron chi connectivity index (χ3n) is 3.69. The van der Waals surface area contributed by atoms with Crippen molar-refractivity contribution in [3.8, 4) is 0 Å². The van der Waals surface area contributed by atoms with Crippen LogP contribution in [0.1, 0.15) is 11.1 Å².